The molecule has 6 nitrogen and oxygen atoms in total. The summed E-state index contributed by atoms with van der Waals surface area (Å²) >= 11 is 0. The Morgan fingerprint density at radius 1 is 1.44 bits per heavy atom. The van der Waals surface area contributed by atoms with Crippen molar-refractivity contribution >= 4 is 11.8 Å². The van der Waals surface area contributed by atoms with E-state index in [-0.39, 0.29) is 6.54 Å². The number of nitrogen functional groups attached to an aromatic ring is 1. The van der Waals surface area contributed by atoms with Crippen molar-refractivity contribution in [2.24, 2.45) is 0 Å². The zero-order valence-corrected chi connectivity index (χ0v) is 9.88. The molecule has 2 fully saturated rings. The first-order valence-electron chi connectivity index (χ1n) is 5.95. The second-order valence-corrected chi connectivity index (χ2v) is 4.45. The molecule has 18 heavy (non-hydrogen) atoms. The van der Waals surface area contributed by atoms with Gasteiger partial charge in [0, 0.05) is 19.2 Å². The van der Waals surface area contributed by atoms with Gasteiger partial charge >= 0.3 is 0 Å². The third-order valence-corrected chi connectivity index (χ3v) is 3.31. The Kier molecular flexibility index (Phi) is 2.79. The van der Waals surface area contributed by atoms with E-state index in [1.54, 1.807) is 17.2 Å². The third-order valence-electron chi connectivity index (χ3n) is 3.31. The highest BCUT2D eigenvalue weighted by Gasteiger charge is 2.49. The van der Waals surface area contributed by atoms with Crippen molar-refractivity contribution in [2.45, 2.75) is 18.4 Å². The van der Waals surface area contributed by atoms with E-state index in [2.05, 4.69) is 9.97 Å². The van der Waals surface area contributed by atoms with Crippen molar-refractivity contribution in [1.82, 2.24) is 9.97 Å². The molecular weight excluding hydrogens is 239 g/mol. The second-order valence-electron chi connectivity index (χ2n) is 4.45. The summed E-state index contributed by atoms with van der Waals surface area (Å²) in [6.45, 7) is 1.65. The van der Waals surface area contributed by atoms with Crippen LogP contribution in [0.25, 0.3) is 0 Å². The van der Waals surface area contributed by atoms with Gasteiger partial charge in [-0.05, 0) is 6.07 Å². The average Bonchev–Trinajstić information content (AvgIpc) is 2.83. The Morgan fingerprint density at radius 2 is 2.22 bits per heavy atom. The van der Waals surface area contributed by atoms with E-state index < -0.39 is 12.0 Å². The van der Waals surface area contributed by atoms with Crippen molar-refractivity contribution in [3.05, 3.63) is 12.3 Å². The number of rotatable bonds is 1. The second kappa shape index (κ2) is 4.33. The molecule has 0 radical (unpaired) electrons. The van der Waals surface area contributed by atoms with Crippen LogP contribution < -0.4 is 10.6 Å². The number of anilines is 2. The van der Waals surface area contributed by atoms with E-state index in [9.17, 15) is 4.39 Å². The minimum absolute atomic E-state index is 0.156. The van der Waals surface area contributed by atoms with Gasteiger partial charge in [-0.15, -0.1) is 0 Å². The molecule has 7 heteroatoms. The van der Waals surface area contributed by atoms with Crippen LogP contribution in [0, 0.1) is 0 Å². The Bertz CT molecular complexity index is 439. The van der Waals surface area contributed by atoms with E-state index in [4.69, 9.17) is 15.2 Å². The van der Waals surface area contributed by atoms with Crippen LogP contribution in [0.5, 0.6) is 0 Å². The smallest absolute Gasteiger partial charge is 0.227 e. The summed E-state index contributed by atoms with van der Waals surface area (Å²) in [4.78, 5) is 9.95. The lowest BCUT2D eigenvalue weighted by Crippen LogP contribution is -2.54. The molecule has 0 aromatic carbocycles. The topological polar surface area (TPSA) is 73.5 Å². The van der Waals surface area contributed by atoms with Gasteiger partial charge in [-0.2, -0.15) is 4.98 Å². The molecule has 1 spiro atoms. The lowest BCUT2D eigenvalue weighted by Gasteiger charge is -2.40. The monoisotopic (exact) mass is 254 g/mol. The number of aromatic nitrogens is 2. The number of nitrogens with two attached hydrogens (primary N) is 1. The van der Waals surface area contributed by atoms with Crippen LogP contribution in [0.2, 0.25) is 0 Å². The fourth-order valence-electron chi connectivity index (χ4n) is 2.36. The normalized spacial score (nSPS) is 26.7. The Hall–Kier alpha value is -1.47. The first-order valence-corrected chi connectivity index (χ1v) is 5.95. The first-order chi connectivity index (χ1) is 8.70. The molecule has 3 heterocycles. The number of piperidine rings is 1. The highest BCUT2D eigenvalue weighted by atomic mass is 19.1. The largest absolute Gasteiger partial charge is 0.384 e. The number of hydrogen-bond donors (Lipinski definition) is 1. The minimum atomic E-state index is -1.21. The average molecular weight is 254 g/mol. The third kappa shape index (κ3) is 1.89. The summed E-state index contributed by atoms with van der Waals surface area (Å²) in [5.74, 6) is -0.230. The quantitative estimate of drug-likeness (QED) is 0.779. The number of nitrogens with zero attached hydrogens (tertiary/aromatic N) is 3. The molecule has 3 rings (SSSR count). The first kappa shape index (κ1) is 11.6. The Balaban J connectivity index is 1.75. The molecule has 0 saturated carbocycles. The summed E-state index contributed by atoms with van der Waals surface area (Å²) in [5.41, 5.74) is 5.59. The summed E-state index contributed by atoms with van der Waals surface area (Å²) in [7, 11) is 0. The lowest BCUT2D eigenvalue weighted by molar-refractivity contribution is -0.207. The molecule has 0 aliphatic carbocycles. The molecule has 1 unspecified atom stereocenters. The Morgan fingerprint density at radius 3 is 2.89 bits per heavy atom. The summed E-state index contributed by atoms with van der Waals surface area (Å²) in [5, 5.41) is 0. The molecule has 1 aromatic rings. The van der Waals surface area contributed by atoms with Gasteiger partial charge in [-0.1, -0.05) is 0 Å². The molecule has 2 aliphatic heterocycles. The van der Waals surface area contributed by atoms with Crippen LogP contribution in [0.4, 0.5) is 16.2 Å². The van der Waals surface area contributed by atoms with E-state index in [0.717, 1.165) is 0 Å². The van der Waals surface area contributed by atoms with Crippen LogP contribution >= 0.6 is 0 Å². The number of alkyl halides is 1. The van der Waals surface area contributed by atoms with E-state index in [1.807, 2.05) is 0 Å². The van der Waals surface area contributed by atoms with Gasteiger partial charge in [0.2, 0.25) is 11.7 Å². The highest BCUT2D eigenvalue weighted by Crippen LogP contribution is 2.34. The van der Waals surface area contributed by atoms with E-state index >= 15 is 0 Å². The fourth-order valence-corrected chi connectivity index (χ4v) is 2.36. The lowest BCUT2D eigenvalue weighted by atomic mass is 10.0. The Labute approximate surface area is 104 Å². The van der Waals surface area contributed by atoms with Gasteiger partial charge in [0.15, 0.2) is 6.17 Å². The maximum Gasteiger partial charge on any atom is 0.227 e. The van der Waals surface area contributed by atoms with Gasteiger partial charge in [-0.3, -0.25) is 0 Å². The van der Waals surface area contributed by atoms with Gasteiger partial charge in [0.05, 0.1) is 19.8 Å². The summed E-state index contributed by atoms with van der Waals surface area (Å²) in [6.07, 6.45) is 0.822. The van der Waals surface area contributed by atoms with Crippen molar-refractivity contribution in [2.75, 3.05) is 36.9 Å². The number of halogens is 1. The maximum atomic E-state index is 14.2. The van der Waals surface area contributed by atoms with Crippen molar-refractivity contribution in [3.8, 4) is 0 Å². The number of ether oxygens (including phenoxy) is 2. The van der Waals surface area contributed by atoms with Crippen molar-refractivity contribution in [3.63, 3.8) is 0 Å². The van der Waals surface area contributed by atoms with Gasteiger partial charge in [0.25, 0.3) is 0 Å². The van der Waals surface area contributed by atoms with Crippen LogP contribution in [-0.2, 0) is 9.47 Å². The molecule has 98 valence electrons. The van der Waals surface area contributed by atoms with E-state index in [0.29, 0.717) is 37.9 Å². The molecule has 0 bridgehead atoms. The summed E-state index contributed by atoms with van der Waals surface area (Å²) < 4.78 is 25.0. The molecule has 0 amide bonds. The van der Waals surface area contributed by atoms with Crippen molar-refractivity contribution < 1.29 is 13.9 Å². The fraction of sp³-hybridized carbons (Fsp3) is 0.636. The molecular formula is C11H15FN4O2. The zero-order valence-electron chi connectivity index (χ0n) is 9.88. The highest BCUT2D eigenvalue weighted by molar-refractivity contribution is 5.38. The zero-order chi connectivity index (χ0) is 12.6. The van der Waals surface area contributed by atoms with Gasteiger partial charge in [-0.25, -0.2) is 9.37 Å². The predicted molar refractivity (Wildman–Crippen MR) is 62.8 cm³/mol. The van der Waals surface area contributed by atoms with Gasteiger partial charge < -0.3 is 20.1 Å². The maximum absolute atomic E-state index is 14.2. The van der Waals surface area contributed by atoms with Crippen LogP contribution in [0.15, 0.2) is 12.3 Å². The van der Waals surface area contributed by atoms with Gasteiger partial charge in [0.1, 0.15) is 5.82 Å². The van der Waals surface area contributed by atoms with Crippen molar-refractivity contribution in [1.29, 1.82) is 0 Å². The molecule has 2 saturated heterocycles. The standard InChI is InChI=1S/C11H15FN4O2/c12-8-7-16(10-14-3-1-9(13)15-10)4-2-11(8)17-5-6-18-11/h1,3,8H,2,4-7H2,(H2,13,14,15). The SMILES string of the molecule is Nc1ccnc(N2CCC3(OCCO3)C(F)C2)n1. The molecule has 1 atom stereocenters. The molecule has 2 aliphatic rings. The van der Waals surface area contributed by atoms with Crippen LogP contribution in [0.3, 0.4) is 0 Å². The van der Waals surface area contributed by atoms with Crippen LogP contribution in [-0.4, -0.2) is 48.2 Å². The van der Waals surface area contributed by atoms with Crippen LogP contribution in [0.1, 0.15) is 6.42 Å². The molecule has 2 N–H and O–H groups in total. The van der Waals surface area contributed by atoms with E-state index in [1.165, 1.54) is 0 Å². The minimum Gasteiger partial charge on any atom is -0.384 e. The number of hydrogen-bond acceptors (Lipinski definition) is 6. The predicted octanol–water partition coefficient (Wildman–Crippen LogP) is 0.350. The summed E-state index contributed by atoms with van der Waals surface area (Å²) in [6, 6.07) is 1.60. The molecule has 1 aromatic heterocycles.